The summed E-state index contributed by atoms with van der Waals surface area (Å²) in [6, 6.07) is 6.23. The van der Waals surface area contributed by atoms with Crippen LogP contribution in [0.3, 0.4) is 0 Å². The molecule has 0 aliphatic rings. The Morgan fingerprint density at radius 1 is 1.19 bits per heavy atom. The van der Waals surface area contributed by atoms with E-state index in [4.69, 9.17) is 0 Å². The number of benzene rings is 1. The van der Waals surface area contributed by atoms with Crippen molar-refractivity contribution in [3.05, 3.63) is 29.8 Å². The van der Waals surface area contributed by atoms with Crippen LogP contribution in [0, 0.1) is 5.92 Å². The lowest BCUT2D eigenvalue weighted by molar-refractivity contribution is -0.274. The Bertz CT molecular complexity index is 441. The first-order valence-corrected chi connectivity index (χ1v) is 7.17. The fraction of sp³-hybridized carbons (Fsp3) is 0.625. The van der Waals surface area contributed by atoms with E-state index < -0.39 is 6.36 Å². The number of hydrogen-bond acceptors (Lipinski definition) is 2. The molecule has 0 spiro atoms. The van der Waals surface area contributed by atoms with Crippen molar-refractivity contribution in [2.45, 2.75) is 45.9 Å². The van der Waals surface area contributed by atoms with Gasteiger partial charge < -0.3 is 10.1 Å². The molecule has 0 radical (unpaired) electrons. The van der Waals surface area contributed by atoms with Gasteiger partial charge in [0, 0.05) is 0 Å². The Morgan fingerprint density at radius 2 is 1.86 bits per heavy atom. The minimum absolute atomic E-state index is 0.164. The van der Waals surface area contributed by atoms with Crippen LogP contribution in [0.5, 0.6) is 5.75 Å². The molecule has 0 saturated heterocycles. The molecular formula is C16H24F3NO. The lowest BCUT2D eigenvalue weighted by atomic mass is 9.81. The number of hydrogen-bond donors (Lipinski definition) is 1. The van der Waals surface area contributed by atoms with Crippen LogP contribution in [0.25, 0.3) is 0 Å². The quantitative estimate of drug-likeness (QED) is 0.749. The molecule has 0 bridgehead atoms. The molecule has 0 aliphatic heterocycles. The average Bonchev–Trinajstić information content (AvgIpc) is 2.33. The molecule has 0 aliphatic carbocycles. The van der Waals surface area contributed by atoms with Gasteiger partial charge >= 0.3 is 6.36 Å². The van der Waals surface area contributed by atoms with Crippen LogP contribution >= 0.6 is 0 Å². The second kappa shape index (κ2) is 7.16. The van der Waals surface area contributed by atoms with Gasteiger partial charge in [-0.05, 0) is 48.5 Å². The van der Waals surface area contributed by atoms with Crippen molar-refractivity contribution in [1.82, 2.24) is 5.32 Å². The molecule has 0 saturated carbocycles. The molecule has 0 amide bonds. The zero-order chi connectivity index (χ0) is 16.1. The second-order valence-corrected chi connectivity index (χ2v) is 6.31. The maximum absolute atomic E-state index is 12.3. The van der Waals surface area contributed by atoms with Crippen LogP contribution in [-0.4, -0.2) is 19.5 Å². The summed E-state index contributed by atoms with van der Waals surface area (Å²) in [5.41, 5.74) is 0.630. The van der Waals surface area contributed by atoms with Crippen LogP contribution in [-0.2, 0) is 5.41 Å². The van der Waals surface area contributed by atoms with E-state index in [1.165, 1.54) is 12.1 Å². The van der Waals surface area contributed by atoms with Crippen molar-refractivity contribution >= 4 is 0 Å². The Kier molecular flexibility index (Phi) is 6.08. The molecule has 0 unspecified atom stereocenters. The van der Waals surface area contributed by atoms with Crippen LogP contribution in [0.15, 0.2) is 24.3 Å². The highest BCUT2D eigenvalue weighted by Gasteiger charge is 2.31. The normalized spacial score (nSPS) is 12.8. The molecule has 21 heavy (non-hydrogen) atoms. The summed E-state index contributed by atoms with van der Waals surface area (Å²) in [6.07, 6.45) is -3.81. The van der Waals surface area contributed by atoms with Gasteiger partial charge in [-0.1, -0.05) is 39.8 Å². The minimum atomic E-state index is -4.65. The van der Waals surface area contributed by atoms with Crippen LogP contribution in [0.4, 0.5) is 13.2 Å². The Morgan fingerprint density at radius 3 is 2.43 bits per heavy atom. The van der Waals surface area contributed by atoms with Crippen LogP contribution < -0.4 is 10.1 Å². The largest absolute Gasteiger partial charge is 0.573 e. The molecule has 2 nitrogen and oxygen atoms in total. The van der Waals surface area contributed by atoms with Gasteiger partial charge in [-0.3, -0.25) is 0 Å². The topological polar surface area (TPSA) is 21.3 Å². The van der Waals surface area contributed by atoms with Crippen molar-refractivity contribution < 1.29 is 17.9 Å². The molecule has 5 heteroatoms. The van der Waals surface area contributed by atoms with Crippen molar-refractivity contribution in [2.75, 3.05) is 13.1 Å². The van der Waals surface area contributed by atoms with E-state index in [1.54, 1.807) is 6.07 Å². The van der Waals surface area contributed by atoms with Gasteiger partial charge in [0.2, 0.25) is 0 Å². The summed E-state index contributed by atoms with van der Waals surface area (Å²) in [7, 11) is 0. The molecule has 0 fully saturated rings. The maximum atomic E-state index is 12.3. The fourth-order valence-electron chi connectivity index (χ4n) is 2.05. The highest BCUT2D eigenvalue weighted by atomic mass is 19.4. The maximum Gasteiger partial charge on any atom is 0.573 e. The summed E-state index contributed by atoms with van der Waals surface area (Å²) < 4.78 is 40.8. The van der Waals surface area contributed by atoms with E-state index >= 15 is 0 Å². The first-order chi connectivity index (χ1) is 9.60. The number of alkyl halides is 3. The average molecular weight is 303 g/mol. The number of ether oxygens (including phenoxy) is 1. The number of halogens is 3. The van der Waals surface area contributed by atoms with Crippen molar-refractivity contribution in [3.63, 3.8) is 0 Å². The van der Waals surface area contributed by atoms with Crippen molar-refractivity contribution in [2.24, 2.45) is 5.92 Å². The van der Waals surface area contributed by atoms with E-state index in [0.717, 1.165) is 25.1 Å². The van der Waals surface area contributed by atoms with Crippen LogP contribution in [0.2, 0.25) is 0 Å². The Balaban J connectivity index is 2.67. The zero-order valence-corrected chi connectivity index (χ0v) is 13.1. The van der Waals surface area contributed by atoms with E-state index in [9.17, 15) is 13.2 Å². The van der Waals surface area contributed by atoms with Gasteiger partial charge in [0.15, 0.2) is 0 Å². The highest BCUT2D eigenvalue weighted by Crippen LogP contribution is 2.31. The zero-order valence-electron chi connectivity index (χ0n) is 13.1. The van der Waals surface area contributed by atoms with Crippen molar-refractivity contribution in [3.8, 4) is 5.75 Å². The molecule has 0 aromatic heterocycles. The van der Waals surface area contributed by atoms with E-state index in [1.807, 2.05) is 19.9 Å². The third kappa shape index (κ3) is 6.85. The Hall–Kier alpha value is -1.23. The standard InChI is InChI=1S/C16H24F3NO/c1-12(2)11-20-9-8-15(3,4)13-6-5-7-14(10-13)21-16(17,18)19/h5-7,10,12,20H,8-9,11H2,1-4H3. The minimum Gasteiger partial charge on any atom is -0.406 e. The third-order valence-corrected chi connectivity index (χ3v) is 3.33. The van der Waals surface area contributed by atoms with Gasteiger partial charge in [-0.2, -0.15) is 0 Å². The number of nitrogens with one attached hydrogen (secondary N) is 1. The first-order valence-electron chi connectivity index (χ1n) is 7.17. The van der Waals surface area contributed by atoms with E-state index in [2.05, 4.69) is 23.9 Å². The molecule has 0 atom stereocenters. The molecule has 0 heterocycles. The second-order valence-electron chi connectivity index (χ2n) is 6.31. The first kappa shape index (κ1) is 17.8. The van der Waals surface area contributed by atoms with Gasteiger partial charge in [-0.15, -0.1) is 13.2 Å². The summed E-state index contributed by atoms with van der Waals surface area (Å²) >= 11 is 0. The highest BCUT2D eigenvalue weighted by molar-refractivity contribution is 5.33. The SMILES string of the molecule is CC(C)CNCCC(C)(C)c1cccc(OC(F)(F)F)c1. The van der Waals surface area contributed by atoms with Gasteiger partial charge in [0.1, 0.15) is 5.75 Å². The molecule has 1 rings (SSSR count). The lowest BCUT2D eigenvalue weighted by Crippen LogP contribution is -2.27. The van der Waals surface area contributed by atoms with Crippen molar-refractivity contribution in [1.29, 1.82) is 0 Å². The van der Waals surface area contributed by atoms with Gasteiger partial charge in [0.25, 0.3) is 0 Å². The Labute approximate surface area is 124 Å². The van der Waals surface area contributed by atoms with E-state index in [0.29, 0.717) is 5.92 Å². The fourth-order valence-corrected chi connectivity index (χ4v) is 2.05. The summed E-state index contributed by atoms with van der Waals surface area (Å²) in [5, 5.41) is 3.35. The van der Waals surface area contributed by atoms with Gasteiger partial charge in [0.05, 0.1) is 0 Å². The summed E-state index contributed by atoms with van der Waals surface area (Å²) in [5.74, 6) is 0.417. The van der Waals surface area contributed by atoms with Crippen LogP contribution in [0.1, 0.15) is 39.7 Å². The lowest BCUT2D eigenvalue weighted by Gasteiger charge is -2.26. The predicted octanol–water partition coefficient (Wildman–Crippen LogP) is 4.50. The molecule has 1 aromatic carbocycles. The molecule has 1 aromatic rings. The van der Waals surface area contributed by atoms with E-state index in [-0.39, 0.29) is 11.2 Å². The van der Waals surface area contributed by atoms with Gasteiger partial charge in [-0.25, -0.2) is 0 Å². The monoisotopic (exact) mass is 303 g/mol. The molecule has 1 N–H and O–H groups in total. The summed E-state index contributed by atoms with van der Waals surface area (Å²) in [6.45, 7) is 10.1. The molecule has 120 valence electrons. The predicted molar refractivity (Wildman–Crippen MR) is 78.5 cm³/mol. The number of rotatable bonds is 7. The summed E-state index contributed by atoms with van der Waals surface area (Å²) in [4.78, 5) is 0. The molecular weight excluding hydrogens is 279 g/mol. The smallest absolute Gasteiger partial charge is 0.406 e. The third-order valence-electron chi connectivity index (χ3n) is 3.33.